The van der Waals surface area contributed by atoms with Crippen molar-refractivity contribution in [2.24, 2.45) is 0 Å². The fraction of sp³-hybridized carbons (Fsp3) is 0.316. The molecule has 0 saturated carbocycles. The number of carbonyl (C=O) groups is 2. The average molecular weight is 361 g/mol. The van der Waals surface area contributed by atoms with E-state index in [0.29, 0.717) is 30.9 Å². The van der Waals surface area contributed by atoms with Gasteiger partial charge in [0.1, 0.15) is 5.75 Å². The molecule has 3 rings (SSSR count). The van der Waals surface area contributed by atoms with Crippen LogP contribution in [0.2, 0.25) is 0 Å². The van der Waals surface area contributed by atoms with E-state index in [-0.39, 0.29) is 16.7 Å². The van der Waals surface area contributed by atoms with Crippen LogP contribution in [0.3, 0.4) is 0 Å². The Hall–Kier alpha value is -2.34. The molecule has 25 heavy (non-hydrogen) atoms. The van der Waals surface area contributed by atoms with Gasteiger partial charge >= 0.3 is 0 Å². The molecular weight excluding hydrogens is 336 g/mol. The minimum Gasteiger partial charge on any atom is -0.493 e. The van der Waals surface area contributed by atoms with Crippen LogP contribution in [0.25, 0.3) is 0 Å². The predicted octanol–water partition coefficient (Wildman–Crippen LogP) is 3.16. The fourth-order valence-corrected chi connectivity index (χ4v) is 3.24. The molecule has 1 aliphatic rings. The lowest BCUT2D eigenvalue weighted by Crippen LogP contribution is -2.25. The molecule has 2 aromatic rings. The molecule has 0 radical (unpaired) electrons. The maximum atomic E-state index is 11.6. The molecule has 0 bridgehead atoms. The van der Waals surface area contributed by atoms with E-state index >= 15 is 0 Å². The van der Waals surface area contributed by atoms with E-state index in [4.69, 9.17) is 11.6 Å². The summed E-state index contributed by atoms with van der Waals surface area (Å²) in [7, 11) is 0. The number of amides is 2. The first kappa shape index (κ1) is 12.1. The molecule has 1 N–H and O–H groups in total. The van der Waals surface area contributed by atoms with Crippen molar-refractivity contribution in [3.8, 4) is 5.75 Å². The lowest BCUT2D eigenvalue weighted by atomic mass is 10.1. The highest BCUT2D eigenvalue weighted by molar-refractivity contribution is 8.15. The van der Waals surface area contributed by atoms with Crippen LogP contribution in [0.1, 0.15) is 30.5 Å². The van der Waals surface area contributed by atoms with E-state index in [0.717, 1.165) is 17.3 Å². The van der Waals surface area contributed by atoms with Gasteiger partial charge in [-0.15, -0.1) is 0 Å². The second kappa shape index (κ2) is 8.16. The SMILES string of the molecule is [2H]C([2H])([2H])C([2H])([2H])c1ccc(CCOc2ccc(CC3SC(=O)NC3=O)cc2)nc1. The van der Waals surface area contributed by atoms with Crippen molar-refractivity contribution in [3.05, 3.63) is 59.4 Å². The van der Waals surface area contributed by atoms with E-state index in [1.807, 2.05) is 12.1 Å². The van der Waals surface area contributed by atoms with E-state index < -0.39 is 18.5 Å². The summed E-state index contributed by atoms with van der Waals surface area (Å²) < 4.78 is 43.1. The van der Waals surface area contributed by atoms with Gasteiger partial charge < -0.3 is 4.74 Å². The van der Waals surface area contributed by atoms with Gasteiger partial charge in [-0.2, -0.15) is 0 Å². The first-order chi connectivity index (χ1) is 14.1. The van der Waals surface area contributed by atoms with Gasteiger partial charge in [-0.05, 0) is 42.1 Å². The number of benzene rings is 1. The summed E-state index contributed by atoms with van der Waals surface area (Å²) in [6, 6.07) is 10.3. The minimum atomic E-state index is -2.76. The highest BCUT2D eigenvalue weighted by atomic mass is 32.2. The Labute approximate surface area is 158 Å². The van der Waals surface area contributed by atoms with Crippen LogP contribution < -0.4 is 10.1 Å². The Morgan fingerprint density at radius 2 is 2.04 bits per heavy atom. The largest absolute Gasteiger partial charge is 0.493 e. The monoisotopic (exact) mass is 361 g/mol. The van der Waals surface area contributed by atoms with Crippen LogP contribution in [0.4, 0.5) is 4.79 Å². The molecule has 0 spiro atoms. The highest BCUT2D eigenvalue weighted by Gasteiger charge is 2.31. The third kappa shape index (κ3) is 4.82. The number of carbonyl (C=O) groups excluding carboxylic acids is 2. The summed E-state index contributed by atoms with van der Waals surface area (Å²) in [6.45, 7) is -2.42. The van der Waals surface area contributed by atoms with Gasteiger partial charge in [-0.1, -0.05) is 36.8 Å². The lowest BCUT2D eigenvalue weighted by molar-refractivity contribution is -0.118. The van der Waals surface area contributed by atoms with E-state index in [2.05, 4.69) is 10.3 Å². The Balaban J connectivity index is 1.49. The lowest BCUT2D eigenvalue weighted by Gasteiger charge is -2.09. The maximum absolute atomic E-state index is 11.6. The van der Waals surface area contributed by atoms with Crippen LogP contribution in [0, 0.1) is 0 Å². The summed E-state index contributed by atoms with van der Waals surface area (Å²) in [6.07, 6.45) is -0.275. The molecular formula is C19H20N2O3S. The number of imide groups is 1. The zero-order valence-corrected chi connectivity index (χ0v) is 14.1. The number of aryl methyl sites for hydroxylation is 1. The molecule has 6 heteroatoms. The van der Waals surface area contributed by atoms with Crippen molar-refractivity contribution in [2.45, 2.75) is 31.3 Å². The highest BCUT2D eigenvalue weighted by Crippen LogP contribution is 2.23. The van der Waals surface area contributed by atoms with E-state index in [9.17, 15) is 9.59 Å². The van der Waals surface area contributed by atoms with Crippen LogP contribution in [0.15, 0.2) is 42.6 Å². The van der Waals surface area contributed by atoms with Crippen LogP contribution in [-0.4, -0.2) is 28.0 Å². The number of nitrogens with one attached hydrogen (secondary N) is 1. The number of ether oxygens (including phenoxy) is 1. The molecule has 1 saturated heterocycles. The number of hydrogen-bond donors (Lipinski definition) is 1. The zero-order valence-electron chi connectivity index (χ0n) is 18.3. The maximum Gasteiger partial charge on any atom is 0.286 e. The number of pyridine rings is 1. The Morgan fingerprint density at radius 1 is 1.24 bits per heavy atom. The standard InChI is InChI=1S/C19H20N2O3S/c1-2-13-3-6-15(20-12-13)9-10-24-16-7-4-14(5-8-16)11-17-18(22)21-19(23)25-17/h3-8,12,17H,2,9-11H2,1H3,(H,21,22,23)/i1D3,2D2. The number of nitrogens with zero attached hydrogens (tertiary/aromatic N) is 1. The van der Waals surface area contributed by atoms with Crippen LogP contribution in [0.5, 0.6) is 5.75 Å². The number of thioether (sulfide) groups is 1. The predicted molar refractivity (Wildman–Crippen MR) is 97.9 cm³/mol. The molecule has 1 atom stereocenters. The summed E-state index contributed by atoms with van der Waals surface area (Å²) >= 11 is 0.995. The van der Waals surface area contributed by atoms with Crippen molar-refractivity contribution < 1.29 is 21.2 Å². The van der Waals surface area contributed by atoms with Gasteiger partial charge in [0.05, 0.1) is 11.9 Å². The van der Waals surface area contributed by atoms with Crippen molar-refractivity contribution in [1.29, 1.82) is 0 Å². The second-order valence-corrected chi connectivity index (χ2v) is 6.67. The van der Waals surface area contributed by atoms with Crippen molar-refractivity contribution >= 4 is 22.9 Å². The van der Waals surface area contributed by atoms with Gasteiger partial charge in [-0.25, -0.2) is 0 Å². The molecule has 0 aliphatic carbocycles. The quantitative estimate of drug-likeness (QED) is 0.820. The Bertz CT molecular complexity index is 917. The normalized spacial score (nSPS) is 20.8. The molecule has 130 valence electrons. The minimum absolute atomic E-state index is 0.0126. The fourth-order valence-electron chi connectivity index (χ4n) is 2.38. The summed E-state index contributed by atoms with van der Waals surface area (Å²) in [5.74, 6) is 0.379. The van der Waals surface area contributed by atoms with E-state index in [1.54, 1.807) is 18.2 Å². The molecule has 5 nitrogen and oxygen atoms in total. The van der Waals surface area contributed by atoms with Gasteiger partial charge in [0, 0.05) is 25.2 Å². The first-order valence-corrected chi connectivity index (χ1v) is 8.63. The molecule has 1 fully saturated rings. The van der Waals surface area contributed by atoms with Crippen molar-refractivity contribution in [3.63, 3.8) is 0 Å². The Morgan fingerprint density at radius 3 is 2.68 bits per heavy atom. The number of hydrogen-bond acceptors (Lipinski definition) is 5. The number of aromatic nitrogens is 1. The third-order valence-corrected chi connectivity index (χ3v) is 4.69. The summed E-state index contributed by atoms with van der Waals surface area (Å²) in [4.78, 5) is 27.0. The van der Waals surface area contributed by atoms with E-state index in [1.165, 1.54) is 12.3 Å². The summed E-state index contributed by atoms with van der Waals surface area (Å²) in [5, 5.41) is 1.54. The van der Waals surface area contributed by atoms with Gasteiger partial charge in [-0.3, -0.25) is 19.9 Å². The topological polar surface area (TPSA) is 68.3 Å². The smallest absolute Gasteiger partial charge is 0.286 e. The van der Waals surface area contributed by atoms with Crippen LogP contribution in [-0.2, 0) is 24.0 Å². The van der Waals surface area contributed by atoms with Crippen LogP contribution >= 0.6 is 11.8 Å². The molecule has 2 heterocycles. The second-order valence-electron chi connectivity index (χ2n) is 5.49. The first-order valence-electron chi connectivity index (χ1n) is 10.2. The van der Waals surface area contributed by atoms with Gasteiger partial charge in [0.15, 0.2) is 0 Å². The molecule has 1 aromatic heterocycles. The molecule has 2 amide bonds. The zero-order chi connectivity index (χ0) is 21.9. The Kier molecular flexibility index (Phi) is 3.94. The molecule has 1 unspecified atom stereocenters. The van der Waals surface area contributed by atoms with Gasteiger partial charge in [0.2, 0.25) is 5.91 Å². The van der Waals surface area contributed by atoms with Crippen molar-refractivity contribution in [2.75, 3.05) is 6.61 Å². The average Bonchev–Trinajstić information content (AvgIpc) is 2.99. The summed E-state index contributed by atoms with van der Waals surface area (Å²) in [5.41, 5.74) is 1.59. The van der Waals surface area contributed by atoms with Crippen molar-refractivity contribution in [1.82, 2.24) is 10.3 Å². The molecule has 1 aromatic carbocycles. The third-order valence-electron chi connectivity index (χ3n) is 3.71. The molecule has 1 aliphatic heterocycles. The number of rotatable bonds is 7. The van der Waals surface area contributed by atoms with Gasteiger partial charge in [0.25, 0.3) is 5.24 Å².